The van der Waals surface area contributed by atoms with Gasteiger partial charge in [0.15, 0.2) is 0 Å². The standard InChI is InChI=1S/C12H21N5S/c1-10-15-11(13-2)9-12(16-10)14-3-4-17-5-7-18-8-6-17/h9H,3-8H2,1-2H3,(H2,13,14,15,16). The molecule has 1 aliphatic rings. The molecule has 0 atom stereocenters. The van der Waals surface area contributed by atoms with Gasteiger partial charge in [0.2, 0.25) is 0 Å². The fourth-order valence-electron chi connectivity index (χ4n) is 1.95. The molecule has 0 aromatic carbocycles. The van der Waals surface area contributed by atoms with Gasteiger partial charge in [0, 0.05) is 50.8 Å². The highest BCUT2D eigenvalue weighted by molar-refractivity contribution is 7.99. The molecule has 0 aliphatic carbocycles. The Labute approximate surface area is 113 Å². The number of thioether (sulfide) groups is 1. The van der Waals surface area contributed by atoms with Gasteiger partial charge in [-0.3, -0.25) is 4.90 Å². The topological polar surface area (TPSA) is 53.1 Å². The van der Waals surface area contributed by atoms with Crippen molar-refractivity contribution in [3.63, 3.8) is 0 Å². The average molecular weight is 267 g/mol. The second-order valence-corrected chi connectivity index (χ2v) is 5.54. The summed E-state index contributed by atoms with van der Waals surface area (Å²) in [4.78, 5) is 11.2. The van der Waals surface area contributed by atoms with Gasteiger partial charge in [-0.1, -0.05) is 0 Å². The van der Waals surface area contributed by atoms with Crippen molar-refractivity contribution in [2.75, 3.05) is 55.4 Å². The molecule has 2 rings (SSSR count). The molecule has 2 heterocycles. The van der Waals surface area contributed by atoms with E-state index in [0.29, 0.717) is 0 Å². The SMILES string of the molecule is CNc1cc(NCCN2CCSCC2)nc(C)n1. The quantitative estimate of drug-likeness (QED) is 0.838. The number of aromatic nitrogens is 2. The predicted octanol–water partition coefficient (Wildman–Crippen LogP) is 1.29. The van der Waals surface area contributed by atoms with Gasteiger partial charge in [-0.25, -0.2) is 9.97 Å². The molecule has 18 heavy (non-hydrogen) atoms. The van der Waals surface area contributed by atoms with Crippen LogP contribution >= 0.6 is 11.8 Å². The predicted molar refractivity (Wildman–Crippen MR) is 78.6 cm³/mol. The number of aryl methyl sites for hydroxylation is 1. The second kappa shape index (κ2) is 6.80. The van der Waals surface area contributed by atoms with Crippen molar-refractivity contribution in [2.45, 2.75) is 6.92 Å². The van der Waals surface area contributed by atoms with Crippen LogP contribution in [0.2, 0.25) is 0 Å². The smallest absolute Gasteiger partial charge is 0.131 e. The van der Waals surface area contributed by atoms with Crippen molar-refractivity contribution in [1.82, 2.24) is 14.9 Å². The molecule has 2 N–H and O–H groups in total. The lowest BCUT2D eigenvalue weighted by Crippen LogP contribution is -2.36. The summed E-state index contributed by atoms with van der Waals surface area (Å²) in [7, 11) is 1.87. The first-order valence-electron chi connectivity index (χ1n) is 6.35. The van der Waals surface area contributed by atoms with Crippen molar-refractivity contribution in [3.8, 4) is 0 Å². The van der Waals surface area contributed by atoms with Gasteiger partial charge in [-0.05, 0) is 6.92 Å². The van der Waals surface area contributed by atoms with E-state index in [4.69, 9.17) is 0 Å². The van der Waals surface area contributed by atoms with Gasteiger partial charge >= 0.3 is 0 Å². The number of hydrogen-bond acceptors (Lipinski definition) is 6. The molecule has 0 radical (unpaired) electrons. The minimum atomic E-state index is 0.790. The highest BCUT2D eigenvalue weighted by Crippen LogP contribution is 2.11. The normalized spacial score (nSPS) is 16.6. The summed E-state index contributed by atoms with van der Waals surface area (Å²) in [6.45, 7) is 6.34. The van der Waals surface area contributed by atoms with Crippen LogP contribution in [0.5, 0.6) is 0 Å². The van der Waals surface area contributed by atoms with E-state index < -0.39 is 0 Å². The van der Waals surface area contributed by atoms with E-state index in [1.54, 1.807) is 0 Å². The molecule has 1 aliphatic heterocycles. The zero-order chi connectivity index (χ0) is 12.8. The molecule has 1 aromatic rings. The molecular formula is C12H21N5S. The van der Waals surface area contributed by atoms with Crippen molar-refractivity contribution >= 4 is 23.4 Å². The summed E-state index contributed by atoms with van der Waals surface area (Å²) >= 11 is 2.04. The van der Waals surface area contributed by atoms with E-state index in [1.165, 1.54) is 24.6 Å². The van der Waals surface area contributed by atoms with Crippen LogP contribution < -0.4 is 10.6 Å². The van der Waals surface area contributed by atoms with Gasteiger partial charge in [-0.2, -0.15) is 11.8 Å². The molecule has 0 unspecified atom stereocenters. The number of anilines is 2. The summed E-state index contributed by atoms with van der Waals surface area (Å²) in [5, 5.41) is 6.41. The minimum absolute atomic E-state index is 0.790. The number of nitrogens with one attached hydrogen (secondary N) is 2. The molecule has 6 heteroatoms. The molecular weight excluding hydrogens is 246 g/mol. The highest BCUT2D eigenvalue weighted by Gasteiger charge is 2.09. The fraction of sp³-hybridized carbons (Fsp3) is 0.667. The van der Waals surface area contributed by atoms with Gasteiger partial charge < -0.3 is 10.6 Å². The number of rotatable bonds is 5. The molecule has 5 nitrogen and oxygen atoms in total. The maximum Gasteiger partial charge on any atom is 0.131 e. The van der Waals surface area contributed by atoms with Crippen molar-refractivity contribution in [2.24, 2.45) is 0 Å². The zero-order valence-corrected chi connectivity index (χ0v) is 11.9. The lowest BCUT2D eigenvalue weighted by molar-refractivity contribution is 0.314. The van der Waals surface area contributed by atoms with E-state index in [2.05, 4.69) is 25.5 Å². The monoisotopic (exact) mass is 267 g/mol. The Kier molecular flexibility index (Phi) is 5.07. The lowest BCUT2D eigenvalue weighted by atomic mass is 10.4. The Morgan fingerprint density at radius 3 is 2.72 bits per heavy atom. The zero-order valence-electron chi connectivity index (χ0n) is 11.1. The van der Waals surface area contributed by atoms with E-state index in [-0.39, 0.29) is 0 Å². The van der Waals surface area contributed by atoms with E-state index >= 15 is 0 Å². The Morgan fingerprint density at radius 1 is 1.28 bits per heavy atom. The lowest BCUT2D eigenvalue weighted by Gasteiger charge is -2.26. The first kappa shape index (κ1) is 13.4. The Hall–Kier alpha value is -1.01. The fourth-order valence-corrected chi connectivity index (χ4v) is 2.93. The summed E-state index contributed by atoms with van der Waals surface area (Å²) in [6, 6.07) is 1.94. The summed E-state index contributed by atoms with van der Waals surface area (Å²) < 4.78 is 0. The molecule has 0 amide bonds. The maximum atomic E-state index is 4.38. The van der Waals surface area contributed by atoms with Crippen molar-refractivity contribution < 1.29 is 0 Å². The number of hydrogen-bond donors (Lipinski definition) is 2. The van der Waals surface area contributed by atoms with Gasteiger partial charge in [0.25, 0.3) is 0 Å². The maximum absolute atomic E-state index is 4.38. The van der Waals surface area contributed by atoms with Crippen LogP contribution in [0.15, 0.2) is 6.07 Å². The highest BCUT2D eigenvalue weighted by atomic mass is 32.2. The van der Waals surface area contributed by atoms with Crippen LogP contribution in [0.1, 0.15) is 5.82 Å². The third-order valence-corrected chi connectivity index (χ3v) is 3.87. The first-order chi connectivity index (χ1) is 8.78. The van der Waals surface area contributed by atoms with Gasteiger partial charge in [0.05, 0.1) is 0 Å². The second-order valence-electron chi connectivity index (χ2n) is 4.32. The largest absolute Gasteiger partial charge is 0.373 e. The van der Waals surface area contributed by atoms with E-state index in [0.717, 1.165) is 30.5 Å². The van der Waals surface area contributed by atoms with Crippen LogP contribution in [-0.2, 0) is 0 Å². The van der Waals surface area contributed by atoms with Crippen LogP contribution in [0.25, 0.3) is 0 Å². The Bertz CT molecular complexity index is 379. The van der Waals surface area contributed by atoms with Crippen molar-refractivity contribution in [1.29, 1.82) is 0 Å². The molecule has 1 fully saturated rings. The summed E-state index contributed by atoms with van der Waals surface area (Å²) in [6.07, 6.45) is 0. The molecule has 100 valence electrons. The first-order valence-corrected chi connectivity index (χ1v) is 7.51. The molecule has 1 aromatic heterocycles. The molecule has 0 bridgehead atoms. The summed E-state index contributed by atoms with van der Waals surface area (Å²) in [5.41, 5.74) is 0. The Balaban J connectivity index is 1.80. The van der Waals surface area contributed by atoms with E-state index in [1.807, 2.05) is 31.8 Å². The van der Waals surface area contributed by atoms with Crippen molar-refractivity contribution in [3.05, 3.63) is 11.9 Å². The number of nitrogens with zero attached hydrogens (tertiary/aromatic N) is 3. The van der Waals surface area contributed by atoms with E-state index in [9.17, 15) is 0 Å². The minimum Gasteiger partial charge on any atom is -0.373 e. The third kappa shape index (κ3) is 4.03. The molecule has 1 saturated heterocycles. The molecule has 0 saturated carbocycles. The van der Waals surface area contributed by atoms with Gasteiger partial charge in [-0.15, -0.1) is 0 Å². The third-order valence-electron chi connectivity index (χ3n) is 2.93. The van der Waals surface area contributed by atoms with Crippen LogP contribution in [0.4, 0.5) is 11.6 Å². The van der Waals surface area contributed by atoms with Crippen LogP contribution in [0, 0.1) is 6.92 Å². The van der Waals surface area contributed by atoms with Crippen LogP contribution in [0.3, 0.4) is 0 Å². The average Bonchev–Trinajstić information content (AvgIpc) is 2.39. The molecule has 0 spiro atoms. The van der Waals surface area contributed by atoms with Crippen LogP contribution in [-0.4, -0.2) is 59.6 Å². The van der Waals surface area contributed by atoms with Gasteiger partial charge in [0.1, 0.15) is 17.5 Å². The Morgan fingerprint density at radius 2 is 2.00 bits per heavy atom. The summed E-state index contributed by atoms with van der Waals surface area (Å²) in [5.74, 6) is 5.07.